The van der Waals surface area contributed by atoms with Gasteiger partial charge in [0.25, 0.3) is 11.8 Å². The first-order valence-electron chi connectivity index (χ1n) is 8.32. The van der Waals surface area contributed by atoms with Crippen LogP contribution in [0, 0.1) is 0 Å². The summed E-state index contributed by atoms with van der Waals surface area (Å²) in [5, 5.41) is 10.8. The predicted octanol–water partition coefficient (Wildman–Crippen LogP) is 4.40. The number of fused-ring (bicyclic) bond motifs is 1. The van der Waals surface area contributed by atoms with Gasteiger partial charge >= 0.3 is 0 Å². The molecule has 0 spiro atoms. The third-order valence-electron chi connectivity index (χ3n) is 5.25. The molecule has 1 aromatic rings. The van der Waals surface area contributed by atoms with Gasteiger partial charge < -0.3 is 5.11 Å². The Morgan fingerprint density at radius 2 is 2.00 bits per heavy atom. The van der Waals surface area contributed by atoms with E-state index in [1.807, 2.05) is 0 Å². The van der Waals surface area contributed by atoms with Crippen LogP contribution >= 0.6 is 39.1 Å². The molecule has 0 radical (unpaired) electrons. The molecule has 2 aliphatic rings. The number of phenolic OH excluding ortho intramolecular Hbond substituents is 1. The second kappa shape index (κ2) is 7.12. The number of para-hydroxylation sites is 1. The maximum atomic E-state index is 13.2. The molecule has 3 rings (SSSR count). The number of hydrogen-bond donors (Lipinski definition) is 1. The summed E-state index contributed by atoms with van der Waals surface area (Å²) in [6, 6.07) is 5.22. The van der Waals surface area contributed by atoms with Crippen molar-refractivity contribution >= 4 is 50.9 Å². The number of aromatic hydroxyl groups is 1. The average molecular weight is 471 g/mol. The lowest BCUT2D eigenvalue weighted by molar-refractivity contribution is -0.138. The van der Waals surface area contributed by atoms with Gasteiger partial charge in [-0.3, -0.25) is 14.5 Å². The molecule has 1 aliphatic heterocycles. The van der Waals surface area contributed by atoms with Crippen molar-refractivity contribution in [3.63, 3.8) is 0 Å². The molecule has 3 atom stereocenters. The van der Waals surface area contributed by atoms with Crippen LogP contribution in [0.25, 0.3) is 0 Å². The lowest BCUT2D eigenvalue weighted by Crippen LogP contribution is -2.54. The van der Waals surface area contributed by atoms with Crippen molar-refractivity contribution in [1.82, 2.24) is 4.90 Å². The molecule has 1 heterocycles. The van der Waals surface area contributed by atoms with E-state index in [2.05, 4.69) is 29.1 Å². The van der Waals surface area contributed by atoms with Crippen molar-refractivity contribution in [1.29, 1.82) is 0 Å². The largest absolute Gasteiger partial charge is 0.507 e. The maximum Gasteiger partial charge on any atom is 0.254 e. The Balaban J connectivity index is 2.28. The third-order valence-corrected chi connectivity index (χ3v) is 7.16. The van der Waals surface area contributed by atoms with Crippen LogP contribution in [0.2, 0.25) is 0 Å². The van der Waals surface area contributed by atoms with Crippen molar-refractivity contribution in [2.75, 3.05) is 5.45 Å². The van der Waals surface area contributed by atoms with Crippen LogP contribution in [-0.4, -0.2) is 37.0 Å². The molecular weight excluding hydrogens is 453 g/mol. The molecule has 1 N–H and O–H groups in total. The monoisotopic (exact) mass is 469 g/mol. The number of hydrogen-bond acceptors (Lipinski definition) is 3. The molecular formula is C20H18BrCl2NO3. The molecule has 4 nitrogen and oxygen atoms in total. The minimum absolute atomic E-state index is 0.00770. The quantitative estimate of drug-likeness (QED) is 0.300. The number of benzene rings is 1. The van der Waals surface area contributed by atoms with E-state index in [0.29, 0.717) is 23.1 Å². The van der Waals surface area contributed by atoms with Crippen molar-refractivity contribution in [3.8, 4) is 5.75 Å². The summed E-state index contributed by atoms with van der Waals surface area (Å²) in [6.45, 7) is 7.51. The van der Waals surface area contributed by atoms with Crippen LogP contribution in [-0.2, 0) is 16.0 Å². The zero-order valence-corrected chi connectivity index (χ0v) is 17.5. The minimum Gasteiger partial charge on any atom is -0.507 e. The highest BCUT2D eigenvalue weighted by Gasteiger charge is 2.72. The van der Waals surface area contributed by atoms with Gasteiger partial charge in [0.15, 0.2) is 9.75 Å². The number of carbonyl (C=O) groups is 2. The van der Waals surface area contributed by atoms with Crippen molar-refractivity contribution in [2.45, 2.75) is 28.5 Å². The van der Waals surface area contributed by atoms with Gasteiger partial charge in [0.2, 0.25) is 0 Å². The summed E-state index contributed by atoms with van der Waals surface area (Å²) in [5.41, 5.74) is 1.71. The van der Waals surface area contributed by atoms with Gasteiger partial charge in [-0.1, -0.05) is 58.9 Å². The Morgan fingerprint density at radius 1 is 1.30 bits per heavy atom. The van der Waals surface area contributed by atoms with E-state index in [1.165, 1.54) is 0 Å². The van der Waals surface area contributed by atoms with Crippen LogP contribution in [0.15, 0.2) is 55.2 Å². The number of rotatable bonds is 5. The zero-order valence-electron chi connectivity index (χ0n) is 14.4. The topological polar surface area (TPSA) is 57.6 Å². The number of phenols is 1. The number of likely N-dealkylation sites (tertiary alicyclic amines) is 1. The standard InChI is InChI=1S/C20H18BrCl2NO3/c1-3-6-13-7-5-8-14(16(13)25)15-12(4-2)9-10-19(22)17(26)24(11-21)18(27)20(15,19)23/h3-5,7-9,15,25H,1-2,6,10-11H2/t15-,19-,20+/m1/s1. The molecule has 7 heteroatoms. The molecule has 27 heavy (non-hydrogen) atoms. The van der Waals surface area contributed by atoms with Gasteiger partial charge in [-0.05, 0) is 24.0 Å². The SMILES string of the molecule is C=CCc1cccc([C@H]2C(C=C)=CC[C@@]3(Cl)C(=O)N(CBr)C(=O)[C@@]23Cl)c1O. The third kappa shape index (κ3) is 2.63. The fourth-order valence-corrected chi connectivity index (χ4v) is 5.22. The highest BCUT2D eigenvalue weighted by Crippen LogP contribution is 2.60. The minimum atomic E-state index is -1.78. The lowest BCUT2D eigenvalue weighted by atomic mass is 9.68. The van der Waals surface area contributed by atoms with Crippen LogP contribution in [0.4, 0.5) is 0 Å². The summed E-state index contributed by atoms with van der Waals surface area (Å²) < 4.78 is 0. The molecule has 1 aromatic carbocycles. The summed E-state index contributed by atoms with van der Waals surface area (Å²) >= 11 is 16.8. The van der Waals surface area contributed by atoms with E-state index in [4.69, 9.17) is 23.2 Å². The Kier molecular flexibility index (Phi) is 5.32. The van der Waals surface area contributed by atoms with Crippen molar-refractivity contribution in [3.05, 3.63) is 66.3 Å². The van der Waals surface area contributed by atoms with Gasteiger partial charge in [-0.25, -0.2) is 0 Å². The highest BCUT2D eigenvalue weighted by molar-refractivity contribution is 9.09. The van der Waals surface area contributed by atoms with Gasteiger partial charge in [-0.2, -0.15) is 0 Å². The lowest BCUT2D eigenvalue weighted by Gasteiger charge is -2.42. The molecule has 0 bridgehead atoms. The van der Waals surface area contributed by atoms with E-state index in [9.17, 15) is 14.7 Å². The molecule has 142 valence electrons. The first kappa shape index (κ1) is 20.2. The van der Waals surface area contributed by atoms with Crippen molar-refractivity contribution in [2.24, 2.45) is 0 Å². The average Bonchev–Trinajstić information content (AvgIpc) is 2.80. The van der Waals surface area contributed by atoms with Crippen LogP contribution in [0.5, 0.6) is 5.75 Å². The number of carbonyl (C=O) groups excluding carboxylic acids is 2. The van der Waals surface area contributed by atoms with E-state index in [-0.39, 0.29) is 17.6 Å². The second-order valence-corrected chi connectivity index (χ2v) is 8.31. The van der Waals surface area contributed by atoms with Crippen LogP contribution in [0.1, 0.15) is 23.5 Å². The molecule has 1 aliphatic carbocycles. The molecule has 0 aromatic heterocycles. The van der Waals surface area contributed by atoms with E-state index >= 15 is 0 Å². The van der Waals surface area contributed by atoms with Gasteiger partial charge in [0.1, 0.15) is 5.75 Å². The Hall–Kier alpha value is -1.56. The van der Waals surface area contributed by atoms with Gasteiger partial charge in [-0.15, -0.1) is 29.8 Å². The fourth-order valence-electron chi connectivity index (χ4n) is 3.89. The second-order valence-electron chi connectivity index (χ2n) is 6.56. The Bertz CT molecular complexity index is 884. The summed E-state index contributed by atoms with van der Waals surface area (Å²) in [5.74, 6) is -1.96. The number of halogens is 3. The summed E-state index contributed by atoms with van der Waals surface area (Å²) in [7, 11) is 0. The van der Waals surface area contributed by atoms with Crippen LogP contribution < -0.4 is 0 Å². The summed E-state index contributed by atoms with van der Waals surface area (Å²) in [4.78, 5) is 23.6. The first-order chi connectivity index (χ1) is 12.8. The molecule has 1 saturated heterocycles. The van der Waals surface area contributed by atoms with Gasteiger partial charge in [0.05, 0.1) is 5.45 Å². The number of amides is 2. The Labute approximate surface area is 176 Å². The maximum absolute atomic E-state index is 13.2. The van der Waals surface area contributed by atoms with Crippen molar-refractivity contribution < 1.29 is 14.7 Å². The number of imide groups is 1. The molecule has 2 amide bonds. The molecule has 0 saturated carbocycles. The van der Waals surface area contributed by atoms with Crippen LogP contribution in [0.3, 0.4) is 0 Å². The first-order valence-corrected chi connectivity index (χ1v) is 10.2. The summed E-state index contributed by atoms with van der Waals surface area (Å²) in [6.07, 6.45) is 5.55. The number of nitrogens with zero attached hydrogens (tertiary/aromatic N) is 1. The van der Waals surface area contributed by atoms with Gasteiger partial charge in [0, 0.05) is 11.5 Å². The van der Waals surface area contributed by atoms with E-state index in [1.54, 1.807) is 36.4 Å². The van der Waals surface area contributed by atoms with E-state index in [0.717, 1.165) is 4.90 Å². The number of alkyl halides is 3. The fraction of sp³-hybridized carbons (Fsp3) is 0.300. The highest BCUT2D eigenvalue weighted by atomic mass is 79.9. The number of allylic oxidation sites excluding steroid dienone is 4. The molecule has 0 unspecified atom stereocenters. The van der Waals surface area contributed by atoms with E-state index < -0.39 is 27.5 Å². The predicted molar refractivity (Wildman–Crippen MR) is 110 cm³/mol. The normalized spacial score (nSPS) is 30.1. The smallest absolute Gasteiger partial charge is 0.254 e. The Morgan fingerprint density at radius 3 is 2.59 bits per heavy atom. The zero-order chi connectivity index (χ0) is 20.0. The molecule has 1 fully saturated rings.